The monoisotopic (exact) mass is 262 g/mol. The molecular weight excluding hydrogens is 248 g/mol. The zero-order valence-corrected chi connectivity index (χ0v) is 11.0. The maximum Gasteiger partial charge on any atom is 0.196 e. The van der Waals surface area contributed by atoms with Crippen molar-refractivity contribution < 1.29 is 4.42 Å². The second-order valence-electron chi connectivity index (χ2n) is 4.59. The molecule has 0 unspecified atom stereocenters. The molecule has 0 atom stereocenters. The first-order chi connectivity index (χ1) is 9.81. The van der Waals surface area contributed by atoms with Crippen LogP contribution >= 0.6 is 0 Å². The van der Waals surface area contributed by atoms with Gasteiger partial charge in [-0.05, 0) is 18.6 Å². The number of hydrogen-bond acceptors (Lipinski definition) is 2. The highest BCUT2D eigenvalue weighted by Crippen LogP contribution is 2.26. The van der Waals surface area contributed by atoms with Crippen LogP contribution in [-0.4, -0.2) is 0 Å². The fraction of sp³-hybridized carbons (Fsp3) is 0.0556. The van der Waals surface area contributed by atoms with Crippen molar-refractivity contribution in [3.63, 3.8) is 0 Å². The third kappa shape index (κ3) is 2.05. The summed E-state index contributed by atoms with van der Waals surface area (Å²) < 4.78 is 5.96. The van der Waals surface area contributed by atoms with Crippen molar-refractivity contribution in [1.82, 2.24) is 0 Å². The maximum atomic E-state index is 12.6. The lowest BCUT2D eigenvalue weighted by molar-refractivity contribution is 0.612. The summed E-state index contributed by atoms with van der Waals surface area (Å²) in [4.78, 5) is 12.6. The standard InChI is InChI=1S/C18H14O2/c1-2-8-15-17(19)14-11-6-7-12-16(14)20-18(15)13-9-4-3-5-10-13/h2-7,9-12H,1,8H2. The summed E-state index contributed by atoms with van der Waals surface area (Å²) in [7, 11) is 0. The molecule has 0 saturated heterocycles. The van der Waals surface area contributed by atoms with Crippen molar-refractivity contribution >= 4 is 11.0 Å². The molecule has 0 aliphatic carbocycles. The Balaban J connectivity index is 2.38. The Hall–Kier alpha value is -2.61. The summed E-state index contributed by atoms with van der Waals surface area (Å²) in [5.74, 6) is 0.634. The minimum Gasteiger partial charge on any atom is -0.456 e. The average molecular weight is 262 g/mol. The summed E-state index contributed by atoms with van der Waals surface area (Å²) in [6.45, 7) is 3.73. The fourth-order valence-electron chi connectivity index (χ4n) is 2.33. The van der Waals surface area contributed by atoms with Crippen molar-refractivity contribution in [2.75, 3.05) is 0 Å². The first-order valence-corrected chi connectivity index (χ1v) is 6.52. The van der Waals surface area contributed by atoms with Gasteiger partial charge in [0.15, 0.2) is 5.43 Å². The van der Waals surface area contributed by atoms with Crippen LogP contribution in [0.4, 0.5) is 0 Å². The van der Waals surface area contributed by atoms with Gasteiger partial charge in [0.2, 0.25) is 0 Å². The molecule has 3 rings (SSSR count). The van der Waals surface area contributed by atoms with Crippen LogP contribution in [0.5, 0.6) is 0 Å². The number of rotatable bonds is 3. The molecule has 1 aromatic heterocycles. The lowest BCUT2D eigenvalue weighted by Crippen LogP contribution is -2.10. The van der Waals surface area contributed by atoms with Gasteiger partial charge in [0.05, 0.1) is 5.39 Å². The summed E-state index contributed by atoms with van der Waals surface area (Å²) >= 11 is 0. The lowest BCUT2D eigenvalue weighted by atomic mass is 10.0. The minimum atomic E-state index is 0.0191. The van der Waals surface area contributed by atoms with Gasteiger partial charge in [0.1, 0.15) is 11.3 Å². The van der Waals surface area contributed by atoms with Gasteiger partial charge in [0, 0.05) is 11.1 Å². The number of hydrogen-bond donors (Lipinski definition) is 0. The summed E-state index contributed by atoms with van der Waals surface area (Å²) in [6, 6.07) is 17.0. The van der Waals surface area contributed by atoms with Crippen LogP contribution in [0.2, 0.25) is 0 Å². The number of benzene rings is 2. The van der Waals surface area contributed by atoms with Crippen molar-refractivity contribution in [1.29, 1.82) is 0 Å². The largest absolute Gasteiger partial charge is 0.456 e. The van der Waals surface area contributed by atoms with Gasteiger partial charge in [-0.15, -0.1) is 6.58 Å². The lowest BCUT2D eigenvalue weighted by Gasteiger charge is -2.08. The van der Waals surface area contributed by atoms with E-state index in [9.17, 15) is 4.79 Å². The molecule has 0 saturated carbocycles. The smallest absolute Gasteiger partial charge is 0.196 e. The normalized spacial score (nSPS) is 10.6. The van der Waals surface area contributed by atoms with Gasteiger partial charge >= 0.3 is 0 Å². The van der Waals surface area contributed by atoms with Crippen molar-refractivity contribution in [3.8, 4) is 11.3 Å². The van der Waals surface area contributed by atoms with Crippen LogP contribution in [-0.2, 0) is 6.42 Å². The van der Waals surface area contributed by atoms with Crippen LogP contribution in [0.15, 0.2) is 76.5 Å². The molecule has 3 aromatic rings. The predicted molar refractivity (Wildman–Crippen MR) is 81.8 cm³/mol. The first kappa shape index (κ1) is 12.4. The van der Waals surface area contributed by atoms with E-state index in [2.05, 4.69) is 6.58 Å². The number of fused-ring (bicyclic) bond motifs is 1. The van der Waals surface area contributed by atoms with Crippen molar-refractivity contribution in [2.24, 2.45) is 0 Å². The molecule has 0 fully saturated rings. The Morgan fingerprint density at radius 3 is 2.45 bits per heavy atom. The predicted octanol–water partition coefficient (Wildman–Crippen LogP) is 4.19. The van der Waals surface area contributed by atoms with E-state index in [1.54, 1.807) is 12.1 Å². The van der Waals surface area contributed by atoms with E-state index >= 15 is 0 Å². The molecule has 0 spiro atoms. The van der Waals surface area contributed by atoms with Gasteiger partial charge in [-0.3, -0.25) is 4.79 Å². The molecule has 0 amide bonds. The van der Waals surface area contributed by atoms with Crippen molar-refractivity contribution in [2.45, 2.75) is 6.42 Å². The molecule has 98 valence electrons. The van der Waals surface area contributed by atoms with Crippen LogP contribution in [0.3, 0.4) is 0 Å². The second-order valence-corrected chi connectivity index (χ2v) is 4.59. The van der Waals surface area contributed by atoms with E-state index in [0.717, 1.165) is 5.56 Å². The molecular formula is C18H14O2. The Morgan fingerprint density at radius 1 is 1.00 bits per heavy atom. The molecule has 1 heterocycles. The quantitative estimate of drug-likeness (QED) is 0.662. The van der Waals surface area contributed by atoms with Crippen LogP contribution in [0.1, 0.15) is 5.56 Å². The van der Waals surface area contributed by atoms with Gasteiger partial charge < -0.3 is 4.42 Å². The van der Waals surface area contributed by atoms with Gasteiger partial charge in [-0.25, -0.2) is 0 Å². The van der Waals surface area contributed by atoms with E-state index in [1.807, 2.05) is 48.5 Å². The number of allylic oxidation sites excluding steroid dienone is 1. The topological polar surface area (TPSA) is 30.2 Å². The SMILES string of the molecule is C=CCc1c(-c2ccccc2)oc2ccccc2c1=O. The highest BCUT2D eigenvalue weighted by Gasteiger charge is 2.14. The summed E-state index contributed by atoms with van der Waals surface area (Å²) in [5, 5.41) is 0.615. The Morgan fingerprint density at radius 2 is 1.70 bits per heavy atom. The van der Waals surface area contributed by atoms with E-state index in [1.165, 1.54) is 0 Å². The van der Waals surface area contributed by atoms with E-state index < -0.39 is 0 Å². The molecule has 2 nitrogen and oxygen atoms in total. The first-order valence-electron chi connectivity index (χ1n) is 6.52. The summed E-state index contributed by atoms with van der Waals surface area (Å²) in [5.41, 5.74) is 2.20. The third-order valence-electron chi connectivity index (χ3n) is 3.28. The van der Waals surface area contributed by atoms with Crippen LogP contribution in [0.25, 0.3) is 22.3 Å². The molecule has 0 bridgehead atoms. The number of para-hydroxylation sites is 1. The molecule has 2 heteroatoms. The van der Waals surface area contributed by atoms with E-state index in [0.29, 0.717) is 28.7 Å². The van der Waals surface area contributed by atoms with Crippen LogP contribution in [0, 0.1) is 0 Å². The minimum absolute atomic E-state index is 0.0191. The zero-order valence-electron chi connectivity index (χ0n) is 11.0. The van der Waals surface area contributed by atoms with Gasteiger partial charge in [-0.2, -0.15) is 0 Å². The van der Waals surface area contributed by atoms with E-state index in [4.69, 9.17) is 4.42 Å². The molecule has 0 N–H and O–H groups in total. The van der Waals surface area contributed by atoms with Gasteiger partial charge in [-0.1, -0.05) is 48.5 Å². The molecule has 2 aromatic carbocycles. The second kappa shape index (κ2) is 5.17. The molecule has 0 aliphatic rings. The highest BCUT2D eigenvalue weighted by atomic mass is 16.3. The molecule has 0 radical (unpaired) electrons. The molecule has 0 aliphatic heterocycles. The summed E-state index contributed by atoms with van der Waals surface area (Å²) in [6.07, 6.45) is 2.23. The fourth-order valence-corrected chi connectivity index (χ4v) is 2.33. The average Bonchev–Trinajstić information content (AvgIpc) is 2.51. The Kier molecular flexibility index (Phi) is 3.21. The van der Waals surface area contributed by atoms with Gasteiger partial charge in [0.25, 0.3) is 0 Å². The Labute approximate surface area is 117 Å². The highest BCUT2D eigenvalue weighted by molar-refractivity contribution is 5.80. The maximum absolute atomic E-state index is 12.6. The van der Waals surface area contributed by atoms with E-state index in [-0.39, 0.29) is 5.43 Å². The molecule has 20 heavy (non-hydrogen) atoms. The van der Waals surface area contributed by atoms with Crippen LogP contribution < -0.4 is 5.43 Å². The van der Waals surface area contributed by atoms with Crippen molar-refractivity contribution in [3.05, 3.63) is 83.0 Å². The zero-order chi connectivity index (χ0) is 13.9. The Bertz CT molecular complexity index is 814. The third-order valence-corrected chi connectivity index (χ3v) is 3.28.